The zero-order valence-electron chi connectivity index (χ0n) is 27.4. The van der Waals surface area contributed by atoms with Gasteiger partial charge in [0.1, 0.15) is 24.2 Å². The molecule has 1 atom stereocenters. The Hall–Kier alpha value is -4.70. The Bertz CT molecular complexity index is 1760. The van der Waals surface area contributed by atoms with E-state index in [1.54, 1.807) is 42.5 Å². The molecule has 0 aliphatic heterocycles. The van der Waals surface area contributed by atoms with Crippen molar-refractivity contribution >= 4 is 27.5 Å². The maximum Gasteiger partial charge on any atom is 0.264 e. The standard InChI is InChI=1S/C37H42FN3O5S/c1-26(2)23-39-37(43)34(22-29-9-7-6-8-10-29)40(24-30-14-16-31(38)17-15-30)36(42)25-41(33-21-28(4)13-20-35(33)46-5)47(44,45)32-18-11-27(3)12-19-32/h6-21,26,34H,22-25H2,1-5H3,(H,39,43)/t34-/m0/s1. The molecule has 0 aromatic heterocycles. The Labute approximate surface area is 277 Å². The molecule has 0 aliphatic carbocycles. The first kappa shape index (κ1) is 35.2. The fourth-order valence-corrected chi connectivity index (χ4v) is 6.53. The summed E-state index contributed by atoms with van der Waals surface area (Å²) >= 11 is 0. The average Bonchev–Trinajstić information content (AvgIpc) is 3.05. The molecular formula is C37H42FN3O5S. The second-order valence-electron chi connectivity index (χ2n) is 12.0. The molecule has 0 heterocycles. The van der Waals surface area contributed by atoms with E-state index in [-0.39, 0.29) is 41.1 Å². The van der Waals surface area contributed by atoms with Crippen molar-refractivity contribution in [2.45, 2.75) is 51.6 Å². The zero-order chi connectivity index (χ0) is 34.1. The van der Waals surface area contributed by atoms with Gasteiger partial charge in [-0.05, 0) is 72.9 Å². The van der Waals surface area contributed by atoms with E-state index in [2.05, 4.69) is 5.32 Å². The summed E-state index contributed by atoms with van der Waals surface area (Å²) in [6, 6.07) is 25.4. The van der Waals surface area contributed by atoms with Crippen molar-refractivity contribution in [3.63, 3.8) is 0 Å². The number of carbonyl (C=O) groups is 2. The van der Waals surface area contributed by atoms with Crippen molar-refractivity contribution in [2.75, 3.05) is 24.5 Å². The molecule has 4 aromatic carbocycles. The third kappa shape index (κ3) is 9.19. The summed E-state index contributed by atoms with van der Waals surface area (Å²) < 4.78 is 49.1. The highest BCUT2D eigenvalue weighted by atomic mass is 32.2. The van der Waals surface area contributed by atoms with Crippen LogP contribution in [0.5, 0.6) is 5.75 Å². The molecule has 0 bridgehead atoms. The fraction of sp³-hybridized carbons (Fsp3) is 0.297. The highest BCUT2D eigenvalue weighted by Crippen LogP contribution is 2.34. The quantitative estimate of drug-likeness (QED) is 0.178. The Morgan fingerprint density at radius 1 is 0.851 bits per heavy atom. The summed E-state index contributed by atoms with van der Waals surface area (Å²) in [5, 5.41) is 2.96. The number of amides is 2. The van der Waals surface area contributed by atoms with Gasteiger partial charge in [-0.2, -0.15) is 0 Å². The third-order valence-corrected chi connectivity index (χ3v) is 9.49. The minimum atomic E-state index is -4.30. The van der Waals surface area contributed by atoms with Gasteiger partial charge < -0.3 is 15.0 Å². The van der Waals surface area contributed by atoms with Crippen LogP contribution in [0.1, 0.15) is 36.1 Å². The summed E-state index contributed by atoms with van der Waals surface area (Å²) in [6.07, 6.45) is 0.177. The third-order valence-electron chi connectivity index (χ3n) is 7.71. The van der Waals surface area contributed by atoms with Gasteiger partial charge >= 0.3 is 0 Å². The lowest BCUT2D eigenvalue weighted by Gasteiger charge is -2.34. The highest BCUT2D eigenvalue weighted by molar-refractivity contribution is 7.92. The van der Waals surface area contributed by atoms with E-state index in [1.807, 2.05) is 58.0 Å². The minimum Gasteiger partial charge on any atom is -0.495 e. The zero-order valence-corrected chi connectivity index (χ0v) is 28.3. The number of ether oxygens (including phenoxy) is 1. The molecular weight excluding hydrogens is 617 g/mol. The van der Waals surface area contributed by atoms with Crippen LogP contribution in [-0.2, 0) is 32.6 Å². The number of benzene rings is 4. The first-order chi connectivity index (χ1) is 22.4. The number of hydrogen-bond donors (Lipinski definition) is 1. The number of methoxy groups -OCH3 is 1. The van der Waals surface area contributed by atoms with E-state index in [0.29, 0.717) is 12.1 Å². The minimum absolute atomic E-state index is 0.0000516. The molecule has 0 saturated carbocycles. The number of nitrogens with zero attached hydrogens (tertiary/aromatic N) is 2. The Morgan fingerprint density at radius 2 is 1.49 bits per heavy atom. The number of hydrogen-bond acceptors (Lipinski definition) is 5. The maximum atomic E-state index is 14.6. The number of carbonyl (C=O) groups excluding carboxylic acids is 2. The summed E-state index contributed by atoms with van der Waals surface area (Å²) in [6.45, 7) is 7.31. The van der Waals surface area contributed by atoms with Crippen molar-refractivity contribution in [3.05, 3.63) is 125 Å². The summed E-state index contributed by atoms with van der Waals surface area (Å²) in [5.41, 5.74) is 3.22. The van der Waals surface area contributed by atoms with E-state index in [9.17, 15) is 22.4 Å². The lowest BCUT2D eigenvalue weighted by molar-refractivity contribution is -0.140. The van der Waals surface area contributed by atoms with Gasteiger partial charge in [-0.1, -0.05) is 80.1 Å². The van der Waals surface area contributed by atoms with Gasteiger partial charge in [0.05, 0.1) is 17.7 Å². The van der Waals surface area contributed by atoms with Crippen LogP contribution in [0, 0.1) is 25.6 Å². The molecule has 2 amide bonds. The van der Waals surface area contributed by atoms with Gasteiger partial charge in [-0.25, -0.2) is 12.8 Å². The molecule has 0 fully saturated rings. The van der Waals surface area contributed by atoms with E-state index < -0.39 is 34.3 Å². The van der Waals surface area contributed by atoms with E-state index in [1.165, 1.54) is 36.3 Å². The van der Waals surface area contributed by atoms with Crippen molar-refractivity contribution < 1.29 is 27.1 Å². The SMILES string of the molecule is COc1ccc(C)cc1N(CC(=O)N(Cc1ccc(F)cc1)[C@@H](Cc1ccccc1)C(=O)NCC(C)C)S(=O)(=O)c1ccc(C)cc1. The van der Waals surface area contributed by atoms with Gasteiger partial charge in [0.25, 0.3) is 10.0 Å². The van der Waals surface area contributed by atoms with Gasteiger partial charge in [0.15, 0.2) is 0 Å². The topological polar surface area (TPSA) is 96.0 Å². The monoisotopic (exact) mass is 659 g/mol. The molecule has 1 N–H and O–H groups in total. The molecule has 0 unspecified atom stereocenters. The van der Waals surface area contributed by atoms with Crippen molar-refractivity contribution in [2.24, 2.45) is 5.92 Å². The van der Waals surface area contributed by atoms with Crippen LogP contribution in [-0.4, -0.2) is 51.4 Å². The molecule has 0 saturated heterocycles. The van der Waals surface area contributed by atoms with Crippen LogP contribution < -0.4 is 14.4 Å². The first-order valence-corrected chi connectivity index (χ1v) is 16.9. The predicted molar refractivity (Wildman–Crippen MR) is 182 cm³/mol. The second-order valence-corrected chi connectivity index (χ2v) is 13.9. The van der Waals surface area contributed by atoms with Crippen LogP contribution in [0.3, 0.4) is 0 Å². The predicted octanol–water partition coefficient (Wildman–Crippen LogP) is 6.06. The van der Waals surface area contributed by atoms with E-state index >= 15 is 0 Å². The van der Waals surface area contributed by atoms with Gasteiger partial charge in [-0.3, -0.25) is 13.9 Å². The Kier molecular flexibility index (Phi) is 11.8. The van der Waals surface area contributed by atoms with Crippen LogP contribution in [0.4, 0.5) is 10.1 Å². The largest absolute Gasteiger partial charge is 0.495 e. The number of rotatable bonds is 14. The molecule has 4 aromatic rings. The lowest BCUT2D eigenvalue weighted by atomic mass is 10.0. The number of aryl methyl sites for hydroxylation is 2. The highest BCUT2D eigenvalue weighted by Gasteiger charge is 2.35. The van der Waals surface area contributed by atoms with Crippen LogP contribution in [0.25, 0.3) is 0 Å². The molecule has 0 spiro atoms. The Balaban J connectivity index is 1.84. The molecule has 10 heteroatoms. The molecule has 47 heavy (non-hydrogen) atoms. The Morgan fingerprint density at radius 3 is 2.11 bits per heavy atom. The van der Waals surface area contributed by atoms with Crippen molar-refractivity contribution in [1.29, 1.82) is 0 Å². The van der Waals surface area contributed by atoms with Gasteiger partial charge in [-0.15, -0.1) is 0 Å². The van der Waals surface area contributed by atoms with E-state index in [4.69, 9.17) is 4.74 Å². The lowest BCUT2D eigenvalue weighted by Crippen LogP contribution is -2.53. The molecule has 4 rings (SSSR count). The normalized spacial score (nSPS) is 12.0. The summed E-state index contributed by atoms with van der Waals surface area (Å²) in [5.74, 6) is -1.02. The van der Waals surface area contributed by atoms with Crippen molar-refractivity contribution in [1.82, 2.24) is 10.2 Å². The number of anilines is 1. The van der Waals surface area contributed by atoms with Crippen molar-refractivity contribution in [3.8, 4) is 5.75 Å². The average molecular weight is 660 g/mol. The molecule has 248 valence electrons. The fourth-order valence-electron chi connectivity index (χ4n) is 5.11. The molecule has 0 aliphatic rings. The molecule has 8 nitrogen and oxygen atoms in total. The summed E-state index contributed by atoms with van der Waals surface area (Å²) in [7, 11) is -2.86. The van der Waals surface area contributed by atoms with E-state index in [0.717, 1.165) is 21.0 Å². The van der Waals surface area contributed by atoms with Gasteiger partial charge in [0, 0.05) is 19.5 Å². The van der Waals surface area contributed by atoms with Gasteiger partial charge in [0.2, 0.25) is 11.8 Å². The second kappa shape index (κ2) is 15.7. The maximum absolute atomic E-state index is 14.6. The van der Waals surface area contributed by atoms with Crippen LogP contribution in [0.2, 0.25) is 0 Å². The molecule has 0 radical (unpaired) electrons. The van der Waals surface area contributed by atoms with Crippen LogP contribution in [0.15, 0.2) is 102 Å². The number of nitrogens with one attached hydrogen (secondary N) is 1. The smallest absolute Gasteiger partial charge is 0.264 e. The first-order valence-electron chi connectivity index (χ1n) is 15.5. The number of sulfonamides is 1. The summed E-state index contributed by atoms with van der Waals surface area (Å²) in [4.78, 5) is 29.9. The van der Waals surface area contributed by atoms with Crippen LogP contribution >= 0.6 is 0 Å². The number of halogens is 1.